The maximum Gasteiger partial charge on any atom is -0.00601 e. The molecular formula is C31H61P. The molecule has 32 heavy (non-hydrogen) atoms. The minimum atomic E-state index is 0.662. The first kappa shape index (κ1) is 31.9. The minimum Gasteiger partial charge on any atom is -0.118 e. The van der Waals surface area contributed by atoms with Crippen LogP contribution in [0.5, 0.6) is 0 Å². The largest absolute Gasteiger partial charge is 0.118 e. The Balaban J connectivity index is 0.00000148. The maximum absolute atomic E-state index is 3.00. The highest BCUT2D eigenvalue weighted by Crippen LogP contribution is 2.67. The average molecular weight is 465 g/mol. The summed E-state index contributed by atoms with van der Waals surface area (Å²) in [6, 6.07) is 0. The van der Waals surface area contributed by atoms with Crippen LogP contribution in [0.4, 0.5) is 0 Å². The first-order valence-corrected chi connectivity index (χ1v) is 15.7. The molecule has 3 aliphatic rings. The fraction of sp³-hybridized carbons (Fsp3) is 0.871. The molecule has 0 aromatic rings. The van der Waals surface area contributed by atoms with Crippen LogP contribution in [0.15, 0.2) is 26.3 Å². The van der Waals surface area contributed by atoms with E-state index in [-0.39, 0.29) is 0 Å². The Morgan fingerprint density at radius 1 is 0.906 bits per heavy atom. The number of rotatable bonds is 7. The summed E-state index contributed by atoms with van der Waals surface area (Å²) in [5.74, 6) is 5.13. The molecule has 0 radical (unpaired) electrons. The fourth-order valence-electron chi connectivity index (χ4n) is 7.83. The Kier molecular flexibility index (Phi) is 16.5. The van der Waals surface area contributed by atoms with Gasteiger partial charge in [-0.3, -0.25) is 0 Å². The molecule has 0 amide bonds. The normalized spacial score (nSPS) is 35.9. The lowest BCUT2D eigenvalue weighted by molar-refractivity contribution is -0.0424. The molecule has 1 heteroatoms. The van der Waals surface area contributed by atoms with Gasteiger partial charge in [0.2, 0.25) is 0 Å². The van der Waals surface area contributed by atoms with E-state index in [0.717, 1.165) is 34.7 Å². The van der Waals surface area contributed by atoms with Gasteiger partial charge in [0.15, 0.2) is 0 Å². The lowest BCUT2D eigenvalue weighted by atomic mass is 9.48. The third-order valence-electron chi connectivity index (χ3n) is 9.32. The van der Waals surface area contributed by atoms with Gasteiger partial charge in [0, 0.05) is 0 Å². The number of hydrogen-bond acceptors (Lipinski definition) is 0. The first-order chi connectivity index (χ1) is 15.5. The highest BCUT2D eigenvalue weighted by atomic mass is 31.1. The number of unbranched alkanes of at least 4 members (excludes halogenated alkanes) is 3. The highest BCUT2D eigenvalue weighted by Gasteiger charge is 2.58. The van der Waals surface area contributed by atoms with Gasteiger partial charge in [-0.05, 0) is 98.2 Å². The predicted molar refractivity (Wildman–Crippen MR) is 153 cm³/mol. The van der Waals surface area contributed by atoms with E-state index in [1.165, 1.54) is 59.9 Å². The smallest absolute Gasteiger partial charge is 0.00601 e. The van der Waals surface area contributed by atoms with E-state index in [4.69, 9.17) is 0 Å². The van der Waals surface area contributed by atoms with Gasteiger partial charge in [0.05, 0.1) is 0 Å². The Bertz CT molecular complexity index is 469. The van der Waals surface area contributed by atoms with E-state index < -0.39 is 0 Å². The van der Waals surface area contributed by atoms with Crippen molar-refractivity contribution in [2.24, 2.45) is 35.0 Å². The van der Waals surface area contributed by atoms with Crippen molar-refractivity contribution < 1.29 is 0 Å². The molecule has 0 N–H and O–H groups in total. The van der Waals surface area contributed by atoms with E-state index in [2.05, 4.69) is 60.7 Å². The summed E-state index contributed by atoms with van der Waals surface area (Å²) in [5, 5.41) is 0.739. The Hall–Kier alpha value is -0.0900. The van der Waals surface area contributed by atoms with Gasteiger partial charge in [-0.15, -0.1) is 34.9 Å². The summed E-state index contributed by atoms with van der Waals surface area (Å²) in [6.45, 7) is 28.6. The van der Waals surface area contributed by atoms with Crippen molar-refractivity contribution in [2.75, 3.05) is 6.66 Å². The van der Waals surface area contributed by atoms with Gasteiger partial charge in [-0.25, -0.2) is 0 Å². The molecule has 0 aromatic heterocycles. The molecule has 0 heterocycles. The van der Waals surface area contributed by atoms with Crippen molar-refractivity contribution in [1.29, 1.82) is 0 Å². The molecular weight excluding hydrogens is 403 g/mol. The zero-order valence-electron chi connectivity index (χ0n) is 23.4. The lowest BCUT2D eigenvalue weighted by Crippen LogP contribution is -2.57. The lowest BCUT2D eigenvalue weighted by Gasteiger charge is -2.63. The maximum atomic E-state index is 3.00. The van der Waals surface area contributed by atoms with Gasteiger partial charge < -0.3 is 0 Å². The summed E-state index contributed by atoms with van der Waals surface area (Å²) in [7, 11) is 1.18. The van der Waals surface area contributed by atoms with Gasteiger partial charge in [0.1, 0.15) is 0 Å². The topological polar surface area (TPSA) is 0 Å². The molecule has 7 unspecified atom stereocenters. The molecule has 3 aliphatic carbocycles. The van der Waals surface area contributed by atoms with Crippen molar-refractivity contribution in [3.8, 4) is 0 Å². The van der Waals surface area contributed by atoms with Gasteiger partial charge in [-0.2, -0.15) is 0 Å². The molecule has 3 fully saturated rings. The molecule has 190 valence electrons. The first-order valence-electron chi connectivity index (χ1n) is 14.2. The summed E-state index contributed by atoms with van der Waals surface area (Å²) in [5.41, 5.74) is 0.662. The fourth-order valence-corrected chi connectivity index (χ4v) is 9.85. The van der Waals surface area contributed by atoms with E-state index in [9.17, 15) is 0 Å². The van der Waals surface area contributed by atoms with Crippen molar-refractivity contribution in [1.82, 2.24) is 0 Å². The second kappa shape index (κ2) is 16.5. The summed E-state index contributed by atoms with van der Waals surface area (Å²) in [6.07, 6.45) is 19.7. The predicted octanol–water partition coefficient (Wildman–Crippen LogP) is 10.9. The van der Waals surface area contributed by atoms with Crippen LogP contribution in [-0.2, 0) is 0 Å². The Morgan fingerprint density at radius 3 is 2.12 bits per heavy atom. The van der Waals surface area contributed by atoms with E-state index in [1.807, 2.05) is 13.8 Å². The molecule has 0 aromatic carbocycles. The van der Waals surface area contributed by atoms with E-state index in [1.54, 1.807) is 32.1 Å². The SMILES string of the molecule is C=C.C=C.CC.CCCCCCC1(C)CCCC2(PC)C3CCC(C(C)C)CC3CCC12. The van der Waals surface area contributed by atoms with Crippen LogP contribution in [0.2, 0.25) is 0 Å². The second-order valence-corrected chi connectivity index (χ2v) is 12.4. The second-order valence-electron chi connectivity index (χ2n) is 10.9. The molecule has 0 nitrogen and oxygen atoms in total. The third-order valence-corrected chi connectivity index (χ3v) is 11.2. The minimum absolute atomic E-state index is 0.662. The summed E-state index contributed by atoms with van der Waals surface area (Å²) >= 11 is 0. The van der Waals surface area contributed by atoms with E-state index in [0.29, 0.717) is 5.41 Å². The van der Waals surface area contributed by atoms with Gasteiger partial charge in [0.25, 0.3) is 0 Å². The van der Waals surface area contributed by atoms with Crippen LogP contribution in [0.1, 0.15) is 125 Å². The molecule has 7 atom stereocenters. The standard InChI is InChI=1S/C25H47P.C2H6.2C2H4/c1-6-7-8-9-15-24(4)16-10-17-25(26-5)22-13-11-20(19(2)3)18-21(22)12-14-23(24)25;3*1-2/h19-23,26H,6-18H2,1-5H3;1-2H3;2*1-2H2. The molecule has 0 bridgehead atoms. The van der Waals surface area contributed by atoms with E-state index >= 15 is 0 Å². The molecule has 0 saturated heterocycles. The Labute approximate surface area is 206 Å². The monoisotopic (exact) mass is 464 g/mol. The van der Waals surface area contributed by atoms with Crippen LogP contribution in [0.25, 0.3) is 0 Å². The summed E-state index contributed by atoms with van der Waals surface area (Å²) < 4.78 is 0. The van der Waals surface area contributed by atoms with Crippen molar-refractivity contribution in [3.63, 3.8) is 0 Å². The third kappa shape index (κ3) is 7.45. The number of hydrogen-bond donors (Lipinski definition) is 0. The van der Waals surface area contributed by atoms with Crippen molar-refractivity contribution in [2.45, 2.75) is 130 Å². The highest BCUT2D eigenvalue weighted by molar-refractivity contribution is 7.39. The van der Waals surface area contributed by atoms with Gasteiger partial charge in [-0.1, -0.05) is 73.6 Å². The van der Waals surface area contributed by atoms with Crippen LogP contribution in [0.3, 0.4) is 0 Å². The summed E-state index contributed by atoms with van der Waals surface area (Å²) in [4.78, 5) is 0. The zero-order valence-corrected chi connectivity index (χ0v) is 24.4. The molecule has 3 saturated carbocycles. The zero-order chi connectivity index (χ0) is 24.8. The van der Waals surface area contributed by atoms with Crippen LogP contribution >= 0.6 is 8.58 Å². The average Bonchev–Trinajstić information content (AvgIpc) is 2.85. The quantitative estimate of drug-likeness (QED) is 0.200. The number of fused-ring (bicyclic) bond motifs is 3. The molecule has 3 rings (SSSR count). The van der Waals surface area contributed by atoms with Crippen molar-refractivity contribution >= 4 is 8.58 Å². The van der Waals surface area contributed by atoms with Crippen molar-refractivity contribution in [3.05, 3.63) is 26.3 Å². The van der Waals surface area contributed by atoms with Crippen LogP contribution in [0, 0.1) is 35.0 Å². The van der Waals surface area contributed by atoms with Gasteiger partial charge >= 0.3 is 0 Å². The molecule has 0 spiro atoms. The van der Waals surface area contributed by atoms with Crippen LogP contribution in [-0.4, -0.2) is 11.8 Å². The molecule has 0 aliphatic heterocycles. The van der Waals surface area contributed by atoms with Crippen LogP contribution < -0.4 is 0 Å². The Morgan fingerprint density at radius 2 is 1.56 bits per heavy atom.